The molecule has 108 valence electrons. The van der Waals surface area contributed by atoms with Crippen molar-refractivity contribution in [1.82, 2.24) is 0 Å². The van der Waals surface area contributed by atoms with E-state index in [9.17, 15) is 4.39 Å². The SMILES string of the molecule is C[N-]C.C[N-]C.C[N-]OCC1CCCC1F.[CH3-].[Zr+4]. The Labute approximate surface area is 132 Å². The molecule has 0 aromatic carbocycles. The molecule has 0 aliphatic heterocycles. The number of hydroxylamine groups is 1. The zero-order chi connectivity index (χ0) is 12.8. The molecule has 0 amide bonds. The summed E-state index contributed by atoms with van der Waals surface area (Å²) in [6.07, 6.45) is 2.01. The fourth-order valence-corrected chi connectivity index (χ4v) is 1.35. The molecule has 0 heterocycles. The largest absolute Gasteiger partial charge is 4.00 e. The van der Waals surface area contributed by atoms with E-state index in [-0.39, 0.29) is 39.5 Å². The zero-order valence-corrected chi connectivity index (χ0v) is 15.1. The zero-order valence-electron chi connectivity index (χ0n) is 12.6. The average molecular weight is 341 g/mol. The molecule has 0 N–H and O–H groups in total. The van der Waals surface area contributed by atoms with Crippen molar-refractivity contribution in [2.24, 2.45) is 5.92 Å². The van der Waals surface area contributed by atoms with Crippen LogP contribution >= 0.6 is 0 Å². The normalized spacial score (nSPS) is 20.3. The van der Waals surface area contributed by atoms with Gasteiger partial charge in [-0.3, -0.25) is 0 Å². The Kier molecular flexibility index (Phi) is 34.3. The number of rotatable bonds is 3. The number of halogens is 1. The quantitative estimate of drug-likeness (QED) is 0.570. The molecule has 1 fully saturated rings. The Morgan fingerprint density at radius 1 is 1.06 bits per heavy atom. The van der Waals surface area contributed by atoms with Gasteiger partial charge in [0.1, 0.15) is 6.17 Å². The molecular formula is C12H28FN3OZr. The monoisotopic (exact) mass is 339 g/mol. The minimum absolute atomic E-state index is 0. The van der Waals surface area contributed by atoms with Gasteiger partial charge in [-0.05, 0) is 12.8 Å². The fraction of sp³-hybridized carbons (Fsp3) is 0.917. The van der Waals surface area contributed by atoms with Crippen LogP contribution in [0.25, 0.3) is 16.1 Å². The predicted molar refractivity (Wildman–Crippen MR) is 74.3 cm³/mol. The van der Waals surface area contributed by atoms with Crippen LogP contribution in [0.3, 0.4) is 0 Å². The first kappa shape index (κ1) is 27.1. The van der Waals surface area contributed by atoms with Crippen LogP contribution in [-0.4, -0.2) is 48.0 Å². The molecule has 0 aromatic rings. The van der Waals surface area contributed by atoms with Crippen LogP contribution in [-0.2, 0) is 31.0 Å². The Bertz CT molecular complexity index is 132. The van der Waals surface area contributed by atoms with Gasteiger partial charge in [-0.1, -0.05) is 6.42 Å². The standard InChI is InChI=1S/C7H13FNO.2C2H6N.CH3.Zr/c1-9-10-5-6-3-2-4-7(6)8;2*1-3-2;;/h6-7H,2-5H2,1H3;2*1-2H3;1H3;/q4*-1;+4. The van der Waals surface area contributed by atoms with E-state index in [1.807, 2.05) is 0 Å². The van der Waals surface area contributed by atoms with Gasteiger partial charge >= 0.3 is 26.2 Å². The molecule has 0 radical (unpaired) electrons. The molecule has 6 heteroatoms. The van der Waals surface area contributed by atoms with Crippen LogP contribution < -0.4 is 0 Å². The molecule has 1 aliphatic rings. The van der Waals surface area contributed by atoms with E-state index in [1.54, 1.807) is 35.2 Å². The van der Waals surface area contributed by atoms with E-state index >= 15 is 0 Å². The Morgan fingerprint density at radius 3 is 1.78 bits per heavy atom. The van der Waals surface area contributed by atoms with E-state index < -0.39 is 6.17 Å². The van der Waals surface area contributed by atoms with Crippen LogP contribution in [0.1, 0.15) is 19.3 Å². The maximum atomic E-state index is 12.8. The van der Waals surface area contributed by atoms with Crippen LogP contribution in [0.15, 0.2) is 0 Å². The van der Waals surface area contributed by atoms with Crippen molar-refractivity contribution in [2.75, 3.05) is 41.8 Å². The molecule has 1 rings (SSSR count). The van der Waals surface area contributed by atoms with E-state index in [0.717, 1.165) is 12.8 Å². The molecular weight excluding hydrogens is 312 g/mol. The summed E-state index contributed by atoms with van der Waals surface area (Å²) in [5.74, 6) is 0.101. The van der Waals surface area contributed by atoms with E-state index in [4.69, 9.17) is 4.84 Å². The van der Waals surface area contributed by atoms with Gasteiger partial charge in [-0.25, -0.2) is 4.39 Å². The molecule has 2 unspecified atom stereocenters. The van der Waals surface area contributed by atoms with Crippen molar-refractivity contribution in [3.05, 3.63) is 23.5 Å². The summed E-state index contributed by atoms with van der Waals surface area (Å²) < 4.78 is 12.8. The van der Waals surface area contributed by atoms with Crippen molar-refractivity contribution in [2.45, 2.75) is 25.4 Å². The molecule has 4 nitrogen and oxygen atoms in total. The summed E-state index contributed by atoms with van der Waals surface area (Å²) in [4.78, 5) is 4.77. The van der Waals surface area contributed by atoms with Gasteiger partial charge in [-0.15, -0.1) is 7.05 Å². The Balaban J connectivity index is -0.000000106. The third-order valence-electron chi connectivity index (χ3n) is 1.98. The summed E-state index contributed by atoms with van der Waals surface area (Å²) in [6.45, 7) is 0.456. The van der Waals surface area contributed by atoms with E-state index in [2.05, 4.69) is 16.1 Å². The molecule has 0 bridgehead atoms. The van der Waals surface area contributed by atoms with Crippen LogP contribution in [0.2, 0.25) is 0 Å². The van der Waals surface area contributed by atoms with E-state index in [1.165, 1.54) is 0 Å². The van der Waals surface area contributed by atoms with Gasteiger partial charge in [0.2, 0.25) is 0 Å². The van der Waals surface area contributed by atoms with E-state index in [0.29, 0.717) is 13.0 Å². The first-order valence-corrected chi connectivity index (χ1v) is 5.48. The third-order valence-corrected chi connectivity index (χ3v) is 1.98. The van der Waals surface area contributed by atoms with Crippen molar-refractivity contribution in [3.8, 4) is 0 Å². The van der Waals surface area contributed by atoms with Crippen molar-refractivity contribution >= 4 is 0 Å². The minimum atomic E-state index is -0.651. The average Bonchev–Trinajstić information content (AvgIpc) is 2.63. The second-order valence-corrected chi connectivity index (χ2v) is 3.58. The first-order valence-electron chi connectivity index (χ1n) is 5.48. The molecule has 18 heavy (non-hydrogen) atoms. The van der Waals surface area contributed by atoms with Gasteiger partial charge < -0.3 is 28.4 Å². The maximum absolute atomic E-state index is 12.8. The molecule has 0 saturated heterocycles. The molecule has 2 atom stereocenters. The van der Waals surface area contributed by atoms with Gasteiger partial charge in [-0.2, -0.15) is 28.2 Å². The number of hydrogen-bond acceptors (Lipinski definition) is 1. The van der Waals surface area contributed by atoms with Gasteiger partial charge in [0.25, 0.3) is 0 Å². The minimum Gasteiger partial charge on any atom is -0.668 e. The maximum Gasteiger partial charge on any atom is 4.00 e. The Hall–Kier alpha value is 0.653. The van der Waals surface area contributed by atoms with Crippen molar-refractivity contribution in [1.29, 1.82) is 0 Å². The van der Waals surface area contributed by atoms with Crippen LogP contribution in [0, 0.1) is 13.3 Å². The van der Waals surface area contributed by atoms with Gasteiger partial charge in [0.05, 0.1) is 0 Å². The molecule has 0 aromatic heterocycles. The topological polar surface area (TPSA) is 51.5 Å². The molecule has 1 saturated carbocycles. The molecule has 1 aliphatic carbocycles. The smallest absolute Gasteiger partial charge is 0.668 e. The second-order valence-electron chi connectivity index (χ2n) is 3.58. The predicted octanol–water partition coefficient (Wildman–Crippen LogP) is 3.75. The summed E-state index contributed by atoms with van der Waals surface area (Å²) >= 11 is 0. The Morgan fingerprint density at radius 2 is 1.50 bits per heavy atom. The summed E-state index contributed by atoms with van der Waals surface area (Å²) in [5.41, 5.74) is 3.47. The van der Waals surface area contributed by atoms with Crippen LogP contribution in [0.4, 0.5) is 4.39 Å². The molecule has 0 spiro atoms. The van der Waals surface area contributed by atoms with Gasteiger partial charge in [0.15, 0.2) is 0 Å². The van der Waals surface area contributed by atoms with Crippen molar-refractivity contribution < 1.29 is 35.4 Å². The van der Waals surface area contributed by atoms with Crippen LogP contribution in [0.5, 0.6) is 0 Å². The van der Waals surface area contributed by atoms with Crippen molar-refractivity contribution in [3.63, 3.8) is 0 Å². The second kappa shape index (κ2) is 22.8. The third kappa shape index (κ3) is 19.0. The number of nitrogens with zero attached hydrogens (tertiary/aromatic N) is 3. The summed E-state index contributed by atoms with van der Waals surface area (Å²) in [7, 11) is 8.57. The fourth-order valence-electron chi connectivity index (χ4n) is 1.35. The number of alkyl halides is 1. The van der Waals surface area contributed by atoms with Gasteiger partial charge in [0, 0.05) is 12.5 Å². The summed E-state index contributed by atoms with van der Waals surface area (Å²) in [5, 5.41) is 7.00. The number of hydrogen-bond donors (Lipinski definition) is 0. The first-order chi connectivity index (χ1) is 7.67. The summed E-state index contributed by atoms with van der Waals surface area (Å²) in [6, 6.07) is 0.